The molecule has 2 aromatic rings. The Morgan fingerprint density at radius 3 is 2.41 bits per heavy atom. The molecule has 2 fully saturated rings. The summed E-state index contributed by atoms with van der Waals surface area (Å²) in [4.78, 5) is 38.5. The van der Waals surface area contributed by atoms with Crippen LogP contribution in [0.4, 0.5) is 0 Å². The average Bonchev–Trinajstić information content (AvgIpc) is 2.97. The zero-order valence-electron chi connectivity index (χ0n) is 16.2. The molecule has 4 rings (SSSR count). The van der Waals surface area contributed by atoms with Gasteiger partial charge in [0.2, 0.25) is 5.91 Å². The molecule has 1 atom stereocenters. The second-order valence-electron chi connectivity index (χ2n) is 7.98. The summed E-state index contributed by atoms with van der Waals surface area (Å²) in [5, 5.41) is 9.10. The number of imidazole rings is 1. The lowest BCUT2D eigenvalue weighted by molar-refractivity contribution is -0.149. The molecule has 1 aromatic carbocycles. The van der Waals surface area contributed by atoms with E-state index in [1.54, 1.807) is 11.6 Å². The third kappa shape index (κ3) is 3.39. The number of carbonyl (C=O) groups is 2. The van der Waals surface area contributed by atoms with Gasteiger partial charge in [-0.25, -0.2) is 10.1 Å². The normalized spacial score (nSPS) is 20.7. The molecule has 0 saturated carbocycles. The van der Waals surface area contributed by atoms with Crippen LogP contribution in [0, 0.1) is 11.2 Å². The van der Waals surface area contributed by atoms with Crippen LogP contribution in [0.2, 0.25) is 12.6 Å². The van der Waals surface area contributed by atoms with Gasteiger partial charge in [-0.1, -0.05) is 39.0 Å². The smallest absolute Gasteiger partial charge is 0.295 e. The van der Waals surface area contributed by atoms with Gasteiger partial charge in [0.1, 0.15) is 6.04 Å². The van der Waals surface area contributed by atoms with Gasteiger partial charge in [0.25, 0.3) is 12.6 Å². The van der Waals surface area contributed by atoms with Crippen molar-refractivity contribution in [3.8, 4) is 5.97 Å². The van der Waals surface area contributed by atoms with Gasteiger partial charge in [-0.05, 0) is 30.0 Å². The summed E-state index contributed by atoms with van der Waals surface area (Å²) >= 11 is 0. The van der Waals surface area contributed by atoms with E-state index < -0.39 is 6.04 Å². The number of rotatable bonds is 2. The van der Waals surface area contributed by atoms with Crippen molar-refractivity contribution in [1.29, 1.82) is 5.26 Å². The summed E-state index contributed by atoms with van der Waals surface area (Å²) in [7, 11) is 3.20. The Hall–Kier alpha value is -2.82. The van der Waals surface area contributed by atoms with Gasteiger partial charge in [0.05, 0.1) is 11.0 Å². The van der Waals surface area contributed by atoms with Gasteiger partial charge < -0.3 is 0 Å². The number of hydrogen-bond acceptors (Lipinski definition) is 4. The number of amides is 2. The zero-order valence-corrected chi connectivity index (χ0v) is 16.2. The largest absolute Gasteiger partial charge is 0.329 e. The Balaban J connectivity index is 0.00000240. The summed E-state index contributed by atoms with van der Waals surface area (Å²) in [5.74, 6) is 2.23. The van der Waals surface area contributed by atoms with Crippen molar-refractivity contribution in [2.45, 2.75) is 57.7 Å². The van der Waals surface area contributed by atoms with E-state index in [2.05, 4.69) is 5.97 Å². The van der Waals surface area contributed by atoms with Crippen molar-refractivity contribution < 1.29 is 9.59 Å². The molecular weight excluding hydrogens is 367 g/mol. The van der Waals surface area contributed by atoms with E-state index in [1.165, 1.54) is 17.2 Å². The molecule has 2 aliphatic heterocycles. The van der Waals surface area contributed by atoms with Crippen LogP contribution < -0.4 is 5.69 Å². The second-order valence-corrected chi connectivity index (χ2v) is 7.98. The first-order chi connectivity index (χ1) is 13.4. The Morgan fingerprint density at radius 1 is 1.07 bits per heavy atom. The summed E-state index contributed by atoms with van der Waals surface area (Å²) in [6, 6.07) is 5.37. The molecule has 0 N–H and O–H groups in total. The molecule has 1 unspecified atom stereocenters. The summed E-state index contributed by atoms with van der Waals surface area (Å²) in [5.41, 5.74) is 2.47. The van der Waals surface area contributed by atoms with Crippen LogP contribution in [0.3, 0.4) is 0 Å². The van der Waals surface area contributed by atoms with Gasteiger partial charge in [-0.15, -0.1) is 0 Å². The van der Waals surface area contributed by atoms with Crippen molar-refractivity contribution in [2.24, 2.45) is 7.05 Å². The first-order valence-electron chi connectivity index (χ1n) is 9.83. The highest BCUT2D eigenvalue weighted by molar-refractivity contribution is 6.67. The number of fused-ring (bicyclic) bond motifs is 1. The average molecular weight is 394 g/mol. The minimum atomic E-state index is -0.643. The van der Waals surface area contributed by atoms with E-state index >= 15 is 0 Å². The molecule has 0 radical (unpaired) electrons. The van der Waals surface area contributed by atoms with Gasteiger partial charge in [-0.3, -0.25) is 23.6 Å². The maximum absolute atomic E-state index is 12.9. The molecule has 8 heteroatoms. The number of likely N-dealkylation sites (tertiary alicyclic amines) is 1. The predicted octanol–water partition coefficient (Wildman–Crippen LogP) is 2.73. The summed E-state index contributed by atoms with van der Waals surface area (Å²) < 4.78 is 3.13. The minimum Gasteiger partial charge on any atom is -0.295 e. The lowest BCUT2D eigenvalue weighted by Gasteiger charge is -2.28. The molecule has 0 spiro atoms. The van der Waals surface area contributed by atoms with E-state index in [-0.39, 0.29) is 38.1 Å². The molecule has 2 aliphatic rings. The zero-order chi connectivity index (χ0) is 20.0. The monoisotopic (exact) mass is 394 g/mol. The Kier molecular flexibility index (Phi) is 5.69. The Bertz CT molecular complexity index is 1060. The van der Waals surface area contributed by atoms with Crippen LogP contribution in [-0.4, -0.2) is 39.6 Å². The number of imide groups is 1. The summed E-state index contributed by atoms with van der Waals surface area (Å²) in [6.07, 6.45) is 4.39. The number of aromatic nitrogens is 2. The van der Waals surface area contributed by atoms with Crippen LogP contribution in [0.25, 0.3) is 11.0 Å². The topological polar surface area (TPSA) is 88.1 Å². The number of benzene rings is 1. The Morgan fingerprint density at radius 2 is 1.76 bits per heavy atom. The van der Waals surface area contributed by atoms with Gasteiger partial charge >= 0.3 is 5.69 Å². The van der Waals surface area contributed by atoms with E-state index in [0.717, 1.165) is 41.4 Å². The van der Waals surface area contributed by atoms with Crippen molar-refractivity contribution >= 4 is 29.6 Å². The molecule has 0 aliphatic carbocycles. The minimum absolute atomic E-state index is 0. The quantitative estimate of drug-likeness (QED) is 0.579. The molecule has 1 aromatic heterocycles. The highest BCUT2D eigenvalue weighted by Gasteiger charge is 2.35. The van der Waals surface area contributed by atoms with Crippen LogP contribution >= 0.6 is 0 Å². The lowest BCUT2D eigenvalue weighted by atomic mass is 9.41. The number of nitriles is 1. The highest BCUT2D eigenvalue weighted by Crippen LogP contribution is 2.35. The van der Waals surface area contributed by atoms with E-state index in [9.17, 15) is 14.4 Å². The fraction of sp³-hybridized carbons (Fsp3) is 0.524. The molecular formula is C21H27BN4O3. The predicted molar refractivity (Wildman–Crippen MR) is 113 cm³/mol. The molecule has 152 valence electrons. The van der Waals surface area contributed by atoms with Crippen LogP contribution in [0.5, 0.6) is 0 Å². The van der Waals surface area contributed by atoms with Crippen molar-refractivity contribution in [2.75, 3.05) is 7.05 Å². The summed E-state index contributed by atoms with van der Waals surface area (Å²) in [6.45, 7) is 0.155. The van der Waals surface area contributed by atoms with Crippen LogP contribution in [0.1, 0.15) is 50.6 Å². The van der Waals surface area contributed by atoms with Crippen LogP contribution in [0.15, 0.2) is 23.0 Å². The maximum Gasteiger partial charge on any atom is 0.329 e. The standard InChI is InChI=1S/C20H23BN4O3.CH4/c1-23-17-11-14(13-7-9-21(12-22)10-8-13)3-4-15(17)25(20(23)28)16-5-6-18(26)24(2)19(16)27;/h3-4,11,13,16H,5-10H2,1-2H3;1H4. The SMILES string of the molecule is C.CN1C(=O)CCC(n2c(=O)n(C)c3cc(C4CCB(C#N)CC4)ccc32)C1=O. The van der Waals surface area contributed by atoms with Crippen molar-refractivity contribution in [3.63, 3.8) is 0 Å². The third-order valence-electron chi connectivity index (χ3n) is 6.43. The second kappa shape index (κ2) is 7.90. The third-order valence-corrected chi connectivity index (χ3v) is 6.43. The molecule has 2 amide bonds. The van der Waals surface area contributed by atoms with Gasteiger partial charge in [0.15, 0.2) is 0 Å². The molecule has 7 nitrogen and oxygen atoms in total. The maximum atomic E-state index is 12.9. The number of piperidine rings is 1. The molecule has 2 saturated heterocycles. The fourth-order valence-corrected chi connectivity index (χ4v) is 4.63. The Labute approximate surface area is 171 Å². The first kappa shape index (κ1) is 20.9. The number of likely N-dealkylation sites (N-methyl/N-ethyl adjacent to an activating group) is 1. The number of carbonyl (C=O) groups excluding carboxylic acids is 2. The fourth-order valence-electron chi connectivity index (χ4n) is 4.63. The van der Waals surface area contributed by atoms with Gasteiger partial charge in [0, 0.05) is 26.5 Å². The number of nitrogens with zero attached hydrogens (tertiary/aromatic N) is 4. The molecule has 29 heavy (non-hydrogen) atoms. The lowest BCUT2D eigenvalue weighted by Crippen LogP contribution is -2.45. The van der Waals surface area contributed by atoms with Crippen molar-refractivity contribution in [1.82, 2.24) is 14.0 Å². The number of aryl methyl sites for hydroxylation is 1. The van der Waals surface area contributed by atoms with E-state index in [1.807, 2.05) is 18.2 Å². The van der Waals surface area contributed by atoms with Crippen molar-refractivity contribution in [3.05, 3.63) is 34.2 Å². The van der Waals surface area contributed by atoms with Gasteiger partial charge in [-0.2, -0.15) is 0 Å². The first-order valence-corrected chi connectivity index (χ1v) is 9.83. The molecule has 3 heterocycles. The van der Waals surface area contributed by atoms with E-state index in [4.69, 9.17) is 5.26 Å². The van der Waals surface area contributed by atoms with Crippen LogP contribution in [-0.2, 0) is 16.6 Å². The van der Waals surface area contributed by atoms with E-state index in [0.29, 0.717) is 12.3 Å². The highest BCUT2D eigenvalue weighted by atomic mass is 16.2. The molecule has 0 bridgehead atoms. The number of hydrogen-bond donors (Lipinski definition) is 0.